The first-order valence-corrected chi connectivity index (χ1v) is 14.9. The maximum absolute atomic E-state index is 14.6. The molecule has 4 aromatic rings. The first kappa shape index (κ1) is 26.4. The molecule has 0 amide bonds. The molecule has 1 fully saturated rings. The summed E-state index contributed by atoms with van der Waals surface area (Å²) in [4.78, 5) is 13.6. The summed E-state index contributed by atoms with van der Waals surface area (Å²) in [5.74, 6) is -0.525. The first-order valence-electron chi connectivity index (χ1n) is 12.8. The third-order valence-corrected chi connectivity index (χ3v) is 9.32. The van der Waals surface area contributed by atoms with Crippen molar-refractivity contribution in [3.8, 4) is 23.1 Å². The Morgan fingerprint density at radius 1 is 1.12 bits per heavy atom. The number of halogens is 2. The Morgan fingerprint density at radius 3 is 2.58 bits per heavy atom. The number of hydrogen-bond donors (Lipinski definition) is 0. The molecule has 0 spiro atoms. The number of nitrogens with zero attached hydrogens (tertiary/aromatic N) is 7. The molecule has 3 aromatic heterocycles. The molecular formula is C27H27F2N7O3S. The molecule has 2 aliphatic rings. The van der Waals surface area contributed by atoms with Gasteiger partial charge in [0.2, 0.25) is 5.88 Å². The lowest BCUT2D eigenvalue weighted by Crippen LogP contribution is -2.38. The minimum atomic E-state index is -3.18. The van der Waals surface area contributed by atoms with Crippen LogP contribution in [0.5, 0.6) is 5.88 Å². The number of methoxy groups -OCH3 is 1. The van der Waals surface area contributed by atoms with Gasteiger partial charge in [0, 0.05) is 18.7 Å². The number of benzene rings is 1. The number of sulfone groups is 1. The van der Waals surface area contributed by atoms with E-state index in [1.165, 1.54) is 36.3 Å². The summed E-state index contributed by atoms with van der Waals surface area (Å²) in [6.45, 7) is 4.28. The molecule has 6 rings (SSSR count). The lowest BCUT2D eigenvalue weighted by Gasteiger charge is -2.37. The van der Waals surface area contributed by atoms with Crippen molar-refractivity contribution < 1.29 is 21.9 Å². The van der Waals surface area contributed by atoms with Crippen molar-refractivity contribution in [3.05, 3.63) is 71.1 Å². The van der Waals surface area contributed by atoms with E-state index in [0.717, 1.165) is 24.7 Å². The van der Waals surface area contributed by atoms with Gasteiger partial charge in [0.15, 0.2) is 5.82 Å². The SMILES string of the molecule is COc1cc([C@@]23CC[C@@H](c4cc(-c5c(F)cccc5F)nnc42)C3(C)C)nc(-n2cnc(CCS(C)(=O)=O)n2)n1. The van der Waals surface area contributed by atoms with Crippen LogP contribution in [0.3, 0.4) is 0 Å². The second-order valence-electron chi connectivity index (χ2n) is 10.9. The number of hydrogen-bond acceptors (Lipinski definition) is 9. The van der Waals surface area contributed by atoms with Crippen LogP contribution >= 0.6 is 0 Å². The molecule has 2 bridgehead atoms. The van der Waals surface area contributed by atoms with Crippen LogP contribution in [-0.2, 0) is 21.7 Å². The Morgan fingerprint density at radius 2 is 1.88 bits per heavy atom. The van der Waals surface area contributed by atoms with Gasteiger partial charge in [0.25, 0.3) is 5.95 Å². The fraction of sp³-hybridized carbons (Fsp3) is 0.407. The van der Waals surface area contributed by atoms with Crippen molar-refractivity contribution in [1.29, 1.82) is 0 Å². The quantitative estimate of drug-likeness (QED) is 0.329. The fourth-order valence-electron chi connectivity index (χ4n) is 6.38. The predicted molar refractivity (Wildman–Crippen MR) is 141 cm³/mol. The Labute approximate surface area is 229 Å². The molecule has 0 N–H and O–H groups in total. The highest BCUT2D eigenvalue weighted by atomic mass is 32.2. The third-order valence-electron chi connectivity index (χ3n) is 8.38. The van der Waals surface area contributed by atoms with E-state index >= 15 is 0 Å². The molecule has 2 atom stereocenters. The van der Waals surface area contributed by atoms with Gasteiger partial charge in [-0.2, -0.15) is 14.8 Å². The molecule has 0 radical (unpaired) electrons. The molecule has 2 aliphatic carbocycles. The number of aromatic nitrogens is 7. The highest BCUT2D eigenvalue weighted by Crippen LogP contribution is 2.69. The molecule has 3 heterocycles. The van der Waals surface area contributed by atoms with E-state index in [9.17, 15) is 17.2 Å². The van der Waals surface area contributed by atoms with Gasteiger partial charge in [-0.15, -0.1) is 10.2 Å². The van der Waals surface area contributed by atoms with Crippen molar-refractivity contribution in [2.24, 2.45) is 5.41 Å². The van der Waals surface area contributed by atoms with Gasteiger partial charge < -0.3 is 4.74 Å². The van der Waals surface area contributed by atoms with Gasteiger partial charge in [-0.1, -0.05) is 19.9 Å². The first-order chi connectivity index (χ1) is 18.9. The van der Waals surface area contributed by atoms with Crippen LogP contribution < -0.4 is 4.74 Å². The molecule has 13 heteroatoms. The zero-order chi connectivity index (χ0) is 28.4. The fourth-order valence-corrected chi connectivity index (χ4v) is 6.93. The van der Waals surface area contributed by atoms with Gasteiger partial charge in [0.1, 0.15) is 27.8 Å². The smallest absolute Gasteiger partial charge is 0.255 e. The van der Waals surface area contributed by atoms with Crippen LogP contribution in [0.4, 0.5) is 8.78 Å². The van der Waals surface area contributed by atoms with Crippen LogP contribution in [0.2, 0.25) is 0 Å². The Bertz CT molecular complexity index is 1740. The molecule has 0 aliphatic heterocycles. The predicted octanol–water partition coefficient (Wildman–Crippen LogP) is 3.59. The van der Waals surface area contributed by atoms with Crippen LogP contribution in [0.1, 0.15) is 55.4 Å². The molecule has 1 saturated carbocycles. The lowest BCUT2D eigenvalue weighted by atomic mass is 9.66. The third kappa shape index (κ3) is 3.97. The van der Waals surface area contributed by atoms with Gasteiger partial charge in [-0.25, -0.2) is 27.2 Å². The van der Waals surface area contributed by atoms with Gasteiger partial charge >= 0.3 is 0 Å². The molecule has 1 aromatic carbocycles. The molecule has 0 unspecified atom stereocenters. The van der Waals surface area contributed by atoms with E-state index in [-0.39, 0.29) is 40.7 Å². The minimum Gasteiger partial charge on any atom is -0.481 e. The number of ether oxygens (including phenoxy) is 1. The van der Waals surface area contributed by atoms with E-state index in [1.54, 1.807) is 12.1 Å². The second-order valence-corrected chi connectivity index (χ2v) is 13.2. The highest BCUT2D eigenvalue weighted by molar-refractivity contribution is 7.90. The zero-order valence-electron chi connectivity index (χ0n) is 22.4. The summed E-state index contributed by atoms with van der Waals surface area (Å²) >= 11 is 0. The lowest BCUT2D eigenvalue weighted by molar-refractivity contribution is 0.241. The van der Waals surface area contributed by atoms with E-state index in [2.05, 4.69) is 39.1 Å². The summed E-state index contributed by atoms with van der Waals surface area (Å²) < 4.78 is 59.2. The normalized spacial score (nSPS) is 21.0. The molecule has 0 saturated heterocycles. The molecule has 208 valence electrons. The number of aryl methyl sites for hydroxylation is 1. The van der Waals surface area contributed by atoms with E-state index < -0.39 is 26.9 Å². The van der Waals surface area contributed by atoms with Gasteiger partial charge in [-0.05, 0) is 47.9 Å². The standard InChI is InChI=1S/C27H27F2N7O3S/c1-26(2)16-8-10-27(26,24-15(16)12-19(33-34-24)23-17(28)6-5-7-18(23)29)20-13-22(39-3)32-25(31-20)36-14-30-21(35-36)9-11-40(4,37)38/h5-7,12-14,16H,8-11H2,1-4H3/t16-,27-/m0/s1. The Hall–Kier alpha value is -3.87. The molecule has 40 heavy (non-hydrogen) atoms. The van der Waals surface area contributed by atoms with Crippen molar-refractivity contribution in [1.82, 2.24) is 34.9 Å². The monoisotopic (exact) mass is 567 g/mol. The average Bonchev–Trinajstić information content (AvgIpc) is 3.54. The van der Waals surface area contributed by atoms with Gasteiger partial charge in [-0.3, -0.25) is 0 Å². The summed E-state index contributed by atoms with van der Waals surface area (Å²) in [6, 6.07) is 7.25. The zero-order valence-corrected chi connectivity index (χ0v) is 23.2. The Kier molecular flexibility index (Phi) is 5.98. The molecular weight excluding hydrogens is 540 g/mol. The topological polar surface area (TPSA) is 126 Å². The van der Waals surface area contributed by atoms with Crippen molar-refractivity contribution >= 4 is 9.84 Å². The number of fused-ring (bicyclic) bond motifs is 5. The van der Waals surface area contributed by atoms with Crippen LogP contribution in [0, 0.1) is 17.0 Å². The van der Waals surface area contributed by atoms with Crippen LogP contribution in [0.25, 0.3) is 17.2 Å². The second kappa shape index (κ2) is 9.08. The maximum Gasteiger partial charge on any atom is 0.255 e. The minimum absolute atomic E-state index is 0.0601. The summed E-state index contributed by atoms with van der Waals surface area (Å²) in [5, 5.41) is 13.2. The van der Waals surface area contributed by atoms with E-state index in [0.29, 0.717) is 23.1 Å². The van der Waals surface area contributed by atoms with Crippen molar-refractivity contribution in [2.75, 3.05) is 19.1 Å². The van der Waals surface area contributed by atoms with Crippen molar-refractivity contribution in [3.63, 3.8) is 0 Å². The van der Waals surface area contributed by atoms with Gasteiger partial charge in [0.05, 0.1) is 40.9 Å². The summed E-state index contributed by atoms with van der Waals surface area (Å²) in [7, 11) is -1.67. The van der Waals surface area contributed by atoms with E-state index in [4.69, 9.17) is 9.72 Å². The molecule has 10 nitrogen and oxygen atoms in total. The summed E-state index contributed by atoms with van der Waals surface area (Å²) in [6.07, 6.45) is 4.32. The van der Waals surface area contributed by atoms with Crippen molar-refractivity contribution in [2.45, 2.75) is 44.4 Å². The average molecular weight is 568 g/mol. The van der Waals surface area contributed by atoms with Crippen LogP contribution in [-0.4, -0.2) is 62.5 Å². The maximum atomic E-state index is 14.6. The highest BCUT2D eigenvalue weighted by Gasteiger charge is 2.65. The Balaban J connectivity index is 1.46. The van der Waals surface area contributed by atoms with Crippen LogP contribution in [0.15, 0.2) is 36.7 Å². The van der Waals surface area contributed by atoms with E-state index in [1.807, 2.05) is 0 Å². The summed E-state index contributed by atoms with van der Waals surface area (Å²) in [5.41, 5.74) is 1.19. The number of rotatable bonds is 7. The largest absolute Gasteiger partial charge is 0.481 e.